The van der Waals surface area contributed by atoms with Gasteiger partial charge in [-0.3, -0.25) is 0 Å². The van der Waals surface area contributed by atoms with Gasteiger partial charge in [-0.2, -0.15) is 0 Å². The molecule has 0 saturated carbocycles. The molecule has 0 amide bonds. The van der Waals surface area contributed by atoms with Crippen molar-refractivity contribution in [2.45, 2.75) is 0 Å². The van der Waals surface area contributed by atoms with E-state index in [0.29, 0.717) is 0 Å². The fourth-order valence-electron chi connectivity index (χ4n) is 9.80. The maximum atomic E-state index is 6.60. The zero-order valence-corrected chi connectivity index (χ0v) is 37.3. The van der Waals surface area contributed by atoms with Crippen LogP contribution in [0.3, 0.4) is 0 Å². The van der Waals surface area contributed by atoms with Crippen LogP contribution >= 0.6 is 0 Å². The first-order valence-corrected chi connectivity index (χ1v) is 23.2. The number of furan rings is 1. The lowest BCUT2D eigenvalue weighted by Gasteiger charge is -2.29. The van der Waals surface area contributed by atoms with Gasteiger partial charge in [-0.1, -0.05) is 231 Å². The summed E-state index contributed by atoms with van der Waals surface area (Å²) in [5, 5.41) is 2.23. The first-order chi connectivity index (χ1) is 33.7. The van der Waals surface area contributed by atoms with Crippen molar-refractivity contribution in [3.8, 4) is 77.9 Å². The van der Waals surface area contributed by atoms with E-state index in [1.165, 1.54) is 44.5 Å². The van der Waals surface area contributed by atoms with E-state index in [4.69, 9.17) is 4.42 Å². The molecular weight excluding hydrogens is 823 g/mol. The van der Waals surface area contributed by atoms with Gasteiger partial charge in [-0.15, -0.1) is 0 Å². The van der Waals surface area contributed by atoms with Crippen LogP contribution in [0.25, 0.3) is 99.8 Å². The predicted octanol–water partition coefficient (Wildman–Crippen LogP) is 18.7. The van der Waals surface area contributed by atoms with Crippen LogP contribution in [0, 0.1) is 0 Å². The smallest absolute Gasteiger partial charge is 0.143 e. The molecule has 0 radical (unpaired) electrons. The second-order valence-corrected chi connectivity index (χ2v) is 17.2. The lowest BCUT2D eigenvalue weighted by Crippen LogP contribution is -2.11. The number of fused-ring (bicyclic) bond motifs is 3. The van der Waals surface area contributed by atoms with Crippen molar-refractivity contribution < 1.29 is 4.42 Å². The molecule has 0 aliphatic rings. The topological polar surface area (TPSA) is 16.4 Å². The Morgan fingerprint density at radius 1 is 0.235 bits per heavy atom. The maximum Gasteiger partial charge on any atom is 0.143 e. The molecule has 68 heavy (non-hydrogen) atoms. The Kier molecular flexibility index (Phi) is 10.6. The van der Waals surface area contributed by atoms with Crippen molar-refractivity contribution in [1.29, 1.82) is 0 Å². The van der Waals surface area contributed by atoms with E-state index in [-0.39, 0.29) is 0 Å². The summed E-state index contributed by atoms with van der Waals surface area (Å²) >= 11 is 0. The van der Waals surface area contributed by atoms with Crippen LogP contribution in [0.5, 0.6) is 0 Å². The summed E-state index contributed by atoms with van der Waals surface area (Å²) in [4.78, 5) is 2.41. The van der Waals surface area contributed by atoms with Gasteiger partial charge in [0.25, 0.3) is 0 Å². The van der Waals surface area contributed by atoms with Gasteiger partial charge in [0.15, 0.2) is 0 Å². The molecule has 0 fully saturated rings. The normalized spacial score (nSPS) is 11.2. The molecule has 12 rings (SSSR count). The molecule has 1 aromatic heterocycles. The molecule has 0 atom stereocenters. The number of benzene rings is 11. The van der Waals surface area contributed by atoms with E-state index in [0.717, 1.165) is 72.4 Å². The van der Waals surface area contributed by atoms with Gasteiger partial charge >= 0.3 is 0 Å². The van der Waals surface area contributed by atoms with Gasteiger partial charge < -0.3 is 9.32 Å². The first kappa shape index (κ1) is 40.5. The summed E-state index contributed by atoms with van der Waals surface area (Å²) in [5.41, 5.74) is 21.1. The molecule has 2 nitrogen and oxygen atoms in total. The average molecular weight is 868 g/mol. The van der Waals surface area contributed by atoms with Crippen LogP contribution in [-0.4, -0.2) is 0 Å². The van der Waals surface area contributed by atoms with Gasteiger partial charge in [-0.05, 0) is 109 Å². The van der Waals surface area contributed by atoms with Crippen molar-refractivity contribution in [2.75, 3.05) is 4.90 Å². The van der Waals surface area contributed by atoms with Gasteiger partial charge in [0, 0.05) is 33.3 Å². The average Bonchev–Trinajstić information content (AvgIpc) is 3.81. The summed E-state index contributed by atoms with van der Waals surface area (Å²) in [6.07, 6.45) is 0. The molecule has 0 unspecified atom stereocenters. The highest BCUT2D eigenvalue weighted by Crippen LogP contribution is 2.47. The van der Waals surface area contributed by atoms with Crippen molar-refractivity contribution in [3.05, 3.63) is 273 Å². The second-order valence-electron chi connectivity index (χ2n) is 17.2. The van der Waals surface area contributed by atoms with E-state index in [1.54, 1.807) is 0 Å². The predicted molar refractivity (Wildman–Crippen MR) is 286 cm³/mol. The van der Waals surface area contributed by atoms with E-state index in [1.807, 2.05) is 6.07 Å². The van der Waals surface area contributed by atoms with Crippen molar-refractivity contribution in [3.63, 3.8) is 0 Å². The van der Waals surface area contributed by atoms with Crippen LogP contribution in [0.2, 0.25) is 0 Å². The molecule has 0 aliphatic heterocycles. The highest BCUT2D eigenvalue weighted by molar-refractivity contribution is 6.10. The minimum atomic E-state index is 0.888. The minimum absolute atomic E-state index is 0.888. The molecule has 0 spiro atoms. The number of rotatable bonds is 10. The second kappa shape index (κ2) is 17.8. The third-order valence-electron chi connectivity index (χ3n) is 13.1. The van der Waals surface area contributed by atoms with Gasteiger partial charge in [0.2, 0.25) is 0 Å². The van der Waals surface area contributed by atoms with Crippen LogP contribution < -0.4 is 4.90 Å². The molecule has 320 valence electrons. The summed E-state index contributed by atoms with van der Waals surface area (Å²) in [7, 11) is 0. The summed E-state index contributed by atoms with van der Waals surface area (Å²) < 4.78 is 6.60. The number of hydrogen-bond donors (Lipinski definition) is 0. The molecule has 12 aromatic rings. The molecule has 1 heterocycles. The Labute approximate surface area is 397 Å². The van der Waals surface area contributed by atoms with E-state index >= 15 is 0 Å². The third kappa shape index (κ3) is 7.64. The van der Waals surface area contributed by atoms with Crippen LogP contribution in [0.4, 0.5) is 17.1 Å². The largest absolute Gasteiger partial charge is 0.455 e. The first-order valence-electron chi connectivity index (χ1n) is 23.2. The van der Waals surface area contributed by atoms with Gasteiger partial charge in [-0.25, -0.2) is 0 Å². The zero-order chi connectivity index (χ0) is 45.2. The van der Waals surface area contributed by atoms with Crippen LogP contribution in [0.15, 0.2) is 277 Å². The molecule has 0 saturated heterocycles. The van der Waals surface area contributed by atoms with Crippen molar-refractivity contribution in [1.82, 2.24) is 0 Å². The fraction of sp³-hybridized carbons (Fsp3) is 0. The van der Waals surface area contributed by atoms with Crippen LogP contribution in [0.1, 0.15) is 0 Å². The molecule has 0 aliphatic carbocycles. The highest BCUT2D eigenvalue weighted by Gasteiger charge is 2.22. The molecule has 0 N–H and O–H groups in total. The Morgan fingerprint density at radius 2 is 0.706 bits per heavy atom. The highest BCUT2D eigenvalue weighted by atomic mass is 16.3. The maximum absolute atomic E-state index is 6.60. The lowest BCUT2D eigenvalue weighted by molar-refractivity contribution is 0.670. The van der Waals surface area contributed by atoms with Crippen molar-refractivity contribution >= 4 is 39.0 Å². The minimum Gasteiger partial charge on any atom is -0.455 e. The standard InChI is InChI=1S/C66H45NO/c1-4-18-46(19-5-1)48-34-36-49(37-35-48)50-38-41-54(42-39-50)67(55-25-16-24-53(44-55)57-30-17-31-62-61-29-13-15-33-65(61)68-66(57)62)64-32-14-12-28-60(64)59-43-40-52(47-20-6-2-7-21-47)45-63(59)58-27-11-10-26-56(58)51-22-8-3-9-23-51/h1-45H. The number of hydrogen-bond acceptors (Lipinski definition) is 2. The molecule has 2 heteroatoms. The molecular formula is C66H45NO. The molecule has 0 bridgehead atoms. The molecule has 11 aromatic carbocycles. The van der Waals surface area contributed by atoms with Crippen molar-refractivity contribution in [2.24, 2.45) is 0 Å². The Hall–Kier alpha value is -8.98. The van der Waals surface area contributed by atoms with E-state index in [2.05, 4.69) is 272 Å². The van der Waals surface area contributed by atoms with Gasteiger partial charge in [0.05, 0.1) is 5.69 Å². The Balaban J connectivity index is 1.04. The number of para-hydroxylation sites is 3. The van der Waals surface area contributed by atoms with Gasteiger partial charge in [0.1, 0.15) is 11.2 Å². The zero-order valence-electron chi connectivity index (χ0n) is 37.3. The summed E-state index contributed by atoms with van der Waals surface area (Å²) in [6, 6.07) is 98.1. The number of nitrogens with zero attached hydrogens (tertiary/aromatic N) is 1. The van der Waals surface area contributed by atoms with E-state index < -0.39 is 0 Å². The SMILES string of the molecule is c1ccc(-c2ccc(-c3ccc(N(c4cccc(-c5cccc6c5oc5ccccc56)c4)c4ccccc4-c4ccc(-c5ccccc5)cc4-c4ccccc4-c4ccccc4)cc3)cc2)cc1. The third-order valence-corrected chi connectivity index (χ3v) is 13.1. The Bertz CT molecular complexity index is 3700. The summed E-state index contributed by atoms with van der Waals surface area (Å²) in [6.45, 7) is 0. The van der Waals surface area contributed by atoms with E-state index in [9.17, 15) is 0 Å². The lowest BCUT2D eigenvalue weighted by atomic mass is 9.86. The monoisotopic (exact) mass is 867 g/mol. The Morgan fingerprint density at radius 3 is 1.41 bits per heavy atom. The fourth-order valence-corrected chi connectivity index (χ4v) is 9.80. The summed E-state index contributed by atoms with van der Waals surface area (Å²) in [5.74, 6) is 0. The number of anilines is 3. The van der Waals surface area contributed by atoms with Crippen LogP contribution in [-0.2, 0) is 0 Å². The quantitative estimate of drug-likeness (QED) is 0.136.